The lowest BCUT2D eigenvalue weighted by molar-refractivity contribution is 0.122. The van der Waals surface area contributed by atoms with E-state index in [-0.39, 0.29) is 0 Å². The molecule has 0 spiro atoms. The molecule has 3 rings (SSSR count). The summed E-state index contributed by atoms with van der Waals surface area (Å²) in [5, 5.41) is 5.91. The van der Waals surface area contributed by atoms with Crippen molar-refractivity contribution < 1.29 is 19.0 Å². The molecule has 8 heteroatoms. The van der Waals surface area contributed by atoms with Crippen LogP contribution in [0.5, 0.6) is 11.5 Å². The van der Waals surface area contributed by atoms with E-state index in [2.05, 4.69) is 15.5 Å². The molecule has 1 saturated heterocycles. The summed E-state index contributed by atoms with van der Waals surface area (Å²) in [7, 11) is 3.02. The highest BCUT2D eigenvalue weighted by Crippen LogP contribution is 2.35. The van der Waals surface area contributed by atoms with Crippen molar-refractivity contribution in [2.24, 2.45) is 0 Å². The molecule has 0 unspecified atom stereocenters. The van der Waals surface area contributed by atoms with Gasteiger partial charge in [-0.1, -0.05) is 11.6 Å². The summed E-state index contributed by atoms with van der Waals surface area (Å²) in [6.45, 7) is 3.19. The molecule has 144 valence electrons. The van der Waals surface area contributed by atoms with Crippen molar-refractivity contribution in [3.63, 3.8) is 0 Å². The molecule has 0 saturated carbocycles. The fourth-order valence-electron chi connectivity index (χ4n) is 2.82. The summed E-state index contributed by atoms with van der Waals surface area (Å²) in [6.07, 6.45) is 0. The number of nitrogens with zero attached hydrogens (tertiary/aromatic N) is 1. The molecule has 0 aliphatic carbocycles. The Morgan fingerprint density at radius 3 is 2.33 bits per heavy atom. The average Bonchev–Trinajstić information content (AvgIpc) is 2.69. The number of anilines is 3. The number of benzene rings is 2. The van der Waals surface area contributed by atoms with Crippen molar-refractivity contribution in [3.05, 3.63) is 41.4 Å². The predicted octanol–water partition coefficient (Wildman–Crippen LogP) is 3.84. The van der Waals surface area contributed by atoms with Crippen LogP contribution in [-0.4, -0.2) is 46.6 Å². The standard InChI is InChI=1S/C19H22ClN3O4/c1-25-17-12-18(26-2)16(11-15(17)20)22-19(24)21-13-3-5-14(6-4-13)23-7-9-27-10-8-23/h3-6,11-12H,7-10H2,1-2H3,(H2,21,22,24). The summed E-state index contributed by atoms with van der Waals surface area (Å²) < 4.78 is 15.8. The Morgan fingerprint density at radius 1 is 1.04 bits per heavy atom. The minimum Gasteiger partial charge on any atom is -0.495 e. The van der Waals surface area contributed by atoms with Crippen LogP contribution >= 0.6 is 11.6 Å². The lowest BCUT2D eigenvalue weighted by Crippen LogP contribution is -2.36. The second kappa shape index (κ2) is 8.83. The van der Waals surface area contributed by atoms with Crippen LogP contribution < -0.4 is 25.0 Å². The fourth-order valence-corrected chi connectivity index (χ4v) is 3.06. The maximum Gasteiger partial charge on any atom is 0.323 e. The molecule has 27 heavy (non-hydrogen) atoms. The SMILES string of the molecule is COc1cc(OC)c(NC(=O)Nc2ccc(N3CCOCC3)cc2)cc1Cl. The highest BCUT2D eigenvalue weighted by Gasteiger charge is 2.14. The van der Waals surface area contributed by atoms with Crippen LogP contribution in [0.2, 0.25) is 5.02 Å². The first-order valence-corrected chi connectivity index (χ1v) is 8.91. The van der Waals surface area contributed by atoms with Gasteiger partial charge in [-0.15, -0.1) is 0 Å². The van der Waals surface area contributed by atoms with Gasteiger partial charge in [0.05, 0.1) is 38.1 Å². The van der Waals surface area contributed by atoms with E-state index < -0.39 is 6.03 Å². The van der Waals surface area contributed by atoms with Crippen molar-refractivity contribution in [1.29, 1.82) is 0 Å². The van der Waals surface area contributed by atoms with Crippen LogP contribution in [0, 0.1) is 0 Å². The van der Waals surface area contributed by atoms with E-state index >= 15 is 0 Å². The molecular formula is C19H22ClN3O4. The maximum atomic E-state index is 12.3. The molecule has 1 fully saturated rings. The molecular weight excluding hydrogens is 370 g/mol. The molecule has 0 radical (unpaired) electrons. The molecule has 1 aliphatic rings. The quantitative estimate of drug-likeness (QED) is 0.810. The minimum atomic E-state index is -0.395. The van der Waals surface area contributed by atoms with Crippen LogP contribution in [0.15, 0.2) is 36.4 Å². The van der Waals surface area contributed by atoms with Gasteiger partial charge in [-0.25, -0.2) is 4.79 Å². The van der Waals surface area contributed by atoms with Gasteiger partial charge in [-0.2, -0.15) is 0 Å². The van der Waals surface area contributed by atoms with Crippen molar-refractivity contribution in [3.8, 4) is 11.5 Å². The normalized spacial score (nSPS) is 13.8. The van der Waals surface area contributed by atoms with E-state index in [1.165, 1.54) is 14.2 Å². The van der Waals surface area contributed by atoms with Gasteiger partial charge in [-0.3, -0.25) is 0 Å². The Hall–Kier alpha value is -2.64. The fraction of sp³-hybridized carbons (Fsp3) is 0.316. The molecule has 2 aromatic rings. The molecule has 0 aromatic heterocycles. The molecule has 2 amide bonds. The number of rotatable bonds is 5. The van der Waals surface area contributed by atoms with Gasteiger partial charge < -0.3 is 29.7 Å². The van der Waals surface area contributed by atoms with Crippen molar-refractivity contribution in [2.45, 2.75) is 0 Å². The summed E-state index contributed by atoms with van der Waals surface area (Å²) in [6, 6.07) is 10.5. The average molecular weight is 392 g/mol. The zero-order valence-corrected chi connectivity index (χ0v) is 16.0. The summed E-state index contributed by atoms with van der Waals surface area (Å²) in [5.74, 6) is 0.923. The largest absolute Gasteiger partial charge is 0.495 e. The van der Waals surface area contributed by atoms with E-state index in [1.807, 2.05) is 24.3 Å². The number of hydrogen-bond donors (Lipinski definition) is 2. The Labute approximate surface area is 163 Å². The van der Waals surface area contributed by atoms with Crippen LogP contribution in [0.4, 0.5) is 21.9 Å². The van der Waals surface area contributed by atoms with Gasteiger partial charge in [0.1, 0.15) is 11.5 Å². The van der Waals surface area contributed by atoms with E-state index in [4.69, 9.17) is 25.8 Å². The zero-order chi connectivity index (χ0) is 19.2. The van der Waals surface area contributed by atoms with E-state index in [9.17, 15) is 4.79 Å². The third kappa shape index (κ3) is 4.75. The Bertz CT molecular complexity index is 792. The first-order valence-electron chi connectivity index (χ1n) is 8.53. The summed E-state index contributed by atoms with van der Waals surface area (Å²) >= 11 is 6.13. The summed E-state index contributed by atoms with van der Waals surface area (Å²) in [5.41, 5.74) is 2.24. The Morgan fingerprint density at radius 2 is 1.70 bits per heavy atom. The molecule has 2 aromatic carbocycles. The molecule has 1 aliphatic heterocycles. The van der Waals surface area contributed by atoms with E-state index in [0.29, 0.717) is 27.9 Å². The van der Waals surface area contributed by atoms with Crippen LogP contribution in [0.1, 0.15) is 0 Å². The van der Waals surface area contributed by atoms with Gasteiger partial charge in [-0.05, 0) is 30.3 Å². The number of hydrogen-bond acceptors (Lipinski definition) is 5. The van der Waals surface area contributed by atoms with Crippen molar-refractivity contribution >= 4 is 34.7 Å². The number of carbonyl (C=O) groups is 1. The minimum absolute atomic E-state index is 0.378. The highest BCUT2D eigenvalue weighted by molar-refractivity contribution is 6.32. The first-order chi connectivity index (χ1) is 13.1. The second-order valence-corrected chi connectivity index (χ2v) is 6.32. The van der Waals surface area contributed by atoms with Gasteiger partial charge in [0.15, 0.2) is 0 Å². The van der Waals surface area contributed by atoms with Crippen LogP contribution in [-0.2, 0) is 4.74 Å². The van der Waals surface area contributed by atoms with E-state index in [0.717, 1.165) is 32.0 Å². The molecule has 7 nitrogen and oxygen atoms in total. The Kier molecular flexibility index (Phi) is 6.26. The molecule has 1 heterocycles. The van der Waals surface area contributed by atoms with Gasteiger partial charge >= 0.3 is 6.03 Å². The van der Waals surface area contributed by atoms with E-state index in [1.54, 1.807) is 12.1 Å². The Balaban J connectivity index is 1.64. The number of morpholine rings is 1. The highest BCUT2D eigenvalue weighted by atomic mass is 35.5. The van der Waals surface area contributed by atoms with Crippen molar-refractivity contribution in [2.75, 3.05) is 56.1 Å². The lowest BCUT2D eigenvalue weighted by Gasteiger charge is -2.28. The second-order valence-electron chi connectivity index (χ2n) is 5.91. The van der Waals surface area contributed by atoms with Crippen LogP contribution in [0.3, 0.4) is 0 Å². The van der Waals surface area contributed by atoms with Crippen LogP contribution in [0.25, 0.3) is 0 Å². The number of carbonyl (C=O) groups excluding carboxylic acids is 1. The van der Waals surface area contributed by atoms with Gasteiger partial charge in [0.25, 0.3) is 0 Å². The third-order valence-corrected chi connectivity index (χ3v) is 4.52. The number of amides is 2. The monoisotopic (exact) mass is 391 g/mol. The molecule has 0 bridgehead atoms. The molecule has 0 atom stereocenters. The number of urea groups is 1. The van der Waals surface area contributed by atoms with Crippen molar-refractivity contribution in [1.82, 2.24) is 0 Å². The summed E-state index contributed by atoms with van der Waals surface area (Å²) in [4.78, 5) is 14.6. The lowest BCUT2D eigenvalue weighted by atomic mass is 10.2. The number of ether oxygens (including phenoxy) is 3. The van der Waals surface area contributed by atoms with Gasteiger partial charge in [0.2, 0.25) is 0 Å². The zero-order valence-electron chi connectivity index (χ0n) is 15.3. The molecule has 2 N–H and O–H groups in total. The third-order valence-electron chi connectivity index (χ3n) is 4.22. The first kappa shape index (κ1) is 19.1. The topological polar surface area (TPSA) is 72.1 Å². The number of nitrogens with one attached hydrogen (secondary N) is 2. The number of halogens is 1. The predicted molar refractivity (Wildman–Crippen MR) is 107 cm³/mol. The smallest absolute Gasteiger partial charge is 0.323 e. The maximum absolute atomic E-state index is 12.3. The van der Waals surface area contributed by atoms with Gasteiger partial charge in [0, 0.05) is 30.5 Å². The number of methoxy groups -OCH3 is 2.